The quantitative estimate of drug-likeness (QED) is 0.0458. The van der Waals surface area contributed by atoms with Gasteiger partial charge in [0.2, 0.25) is 0 Å². The number of nitrogens with one attached hydrogen (secondary N) is 2. The van der Waals surface area contributed by atoms with Crippen molar-refractivity contribution in [3.05, 3.63) is 123 Å². The van der Waals surface area contributed by atoms with Crippen LogP contribution in [0.2, 0.25) is 0 Å². The molecule has 8 N–H and O–H groups in total. The number of ketones is 1. The second kappa shape index (κ2) is 21.9. The number of likely N-dealkylation sites (N-methyl/N-ethyl adjacent to an activating group) is 1. The van der Waals surface area contributed by atoms with E-state index in [1.165, 1.54) is 14.0 Å². The minimum Gasteiger partial charge on any atom is -0.507 e. The molecule has 0 amide bonds. The number of aliphatic hydroxyl groups is 5. The zero-order valence-electron chi connectivity index (χ0n) is 46.2. The maximum absolute atomic E-state index is 16.0. The summed E-state index contributed by atoms with van der Waals surface area (Å²) >= 11 is 0. The van der Waals surface area contributed by atoms with Gasteiger partial charge in [0.25, 0.3) is 0 Å². The van der Waals surface area contributed by atoms with Crippen LogP contribution in [0.15, 0.2) is 78.4 Å². The van der Waals surface area contributed by atoms with E-state index >= 15 is 4.79 Å². The summed E-state index contributed by atoms with van der Waals surface area (Å²) in [5.41, 5.74) is 2.80. The Morgan fingerprint density at radius 2 is 1.68 bits per heavy atom. The second-order valence-electron chi connectivity index (χ2n) is 25.2. The Morgan fingerprint density at radius 1 is 0.887 bits per heavy atom. The number of hydrogen-bond acceptors (Lipinski definition) is 14. The number of Topliss-reactive ketones (excluding diaryl/α,β-unsaturated/α-hetero) is 1. The first-order chi connectivity index (χ1) is 38.5. The molecule has 12 rings (SSSR count). The number of allylic oxidation sites excluding steroid dienone is 4. The number of phenolic OH excluding ortho intramolecular Hbond substituents is 1. The van der Waals surface area contributed by atoms with Gasteiger partial charge >= 0.3 is 11.9 Å². The van der Waals surface area contributed by atoms with Crippen LogP contribution in [0.5, 0.6) is 11.5 Å². The maximum Gasteiger partial charge on any atom is 0.334 e. The van der Waals surface area contributed by atoms with Crippen LogP contribution in [0, 0.1) is 53.3 Å². The third-order valence-corrected chi connectivity index (χ3v) is 20.4. The zero-order valence-corrected chi connectivity index (χ0v) is 46.2. The molecule has 14 nitrogen and oxygen atoms in total. The normalized spacial score (nSPS) is 34.7. The van der Waals surface area contributed by atoms with Crippen molar-refractivity contribution in [2.75, 3.05) is 32.6 Å². The Labute approximate surface area is 469 Å². The smallest absolute Gasteiger partial charge is 0.334 e. The molecular formula is C66H78N2O12. The van der Waals surface area contributed by atoms with Gasteiger partial charge in [-0.05, 0) is 152 Å². The first-order valence-corrected chi connectivity index (χ1v) is 29.6. The van der Waals surface area contributed by atoms with Gasteiger partial charge in [0.05, 0.1) is 31.2 Å². The summed E-state index contributed by atoms with van der Waals surface area (Å²) in [5.74, 6) is 2.31. The summed E-state index contributed by atoms with van der Waals surface area (Å²) in [6, 6.07) is 13.3. The third kappa shape index (κ3) is 9.86. The molecule has 3 saturated carbocycles. The van der Waals surface area contributed by atoms with Crippen LogP contribution in [0.4, 0.5) is 5.69 Å². The summed E-state index contributed by atoms with van der Waals surface area (Å²) in [5, 5.41) is 81.1. The van der Waals surface area contributed by atoms with E-state index in [2.05, 4.69) is 46.8 Å². The van der Waals surface area contributed by atoms with Gasteiger partial charge in [0.15, 0.2) is 0 Å². The van der Waals surface area contributed by atoms with Crippen LogP contribution in [-0.2, 0) is 49.5 Å². The topological polar surface area (TPSA) is 224 Å². The minimum absolute atomic E-state index is 0.0439. The Bertz CT molecular complexity index is 3090. The van der Waals surface area contributed by atoms with Gasteiger partial charge in [-0.1, -0.05) is 85.7 Å². The molecule has 16 atom stereocenters. The molecule has 3 aromatic carbocycles. The standard InChI is InChI=1S/C66H78N2O12/c1-65(76,55(71)33-78-3)34-68-53-29-41(27-49-46(53)20-21-52(67-2)62(49)74)38-16-17-39-32-57(72)80-63-48(39)28-42(61(73)58(63)37-12-5-4-6-13-37)31-56-66(77)51-15-8-7-14-45(51)47-19-18-40-30-54(70)50(59(47)60(40)66)24-36-11-9-10-35(22-36)23-44(69)26-43(25-38)64(75)79-56/h7,9-11,14,18-19,22,26-29,37-40,44-45,47,50-52,55-56,59-60,62,67-69,71,73-74,76-77H,4-6,8,12-13,15,20-21,23-25,30-34H2,1-3H3. The predicted octanol–water partition coefficient (Wildman–Crippen LogP) is 7.25. The molecule has 12 bridgehead atoms. The molecule has 0 spiro atoms. The molecule has 14 heteroatoms. The Hall–Kier alpha value is -5.63. The molecule has 3 heterocycles. The summed E-state index contributed by atoms with van der Waals surface area (Å²) in [6.07, 6.45) is 13.1. The monoisotopic (exact) mass is 1090 g/mol. The van der Waals surface area contributed by atoms with Crippen molar-refractivity contribution in [1.82, 2.24) is 5.32 Å². The Kier molecular flexibility index (Phi) is 15.1. The summed E-state index contributed by atoms with van der Waals surface area (Å²) < 4.78 is 18.5. The van der Waals surface area contributed by atoms with Gasteiger partial charge < -0.3 is 55.5 Å². The summed E-state index contributed by atoms with van der Waals surface area (Å²) in [7, 11) is 3.25. The van der Waals surface area contributed by atoms with Crippen LogP contribution < -0.4 is 15.4 Å². The first-order valence-electron chi connectivity index (χ1n) is 29.6. The molecule has 16 unspecified atom stereocenters. The molecule has 3 fully saturated rings. The molecule has 0 aromatic heterocycles. The van der Waals surface area contributed by atoms with Gasteiger partial charge in [-0.2, -0.15) is 0 Å². The van der Waals surface area contributed by atoms with Crippen LogP contribution in [0.1, 0.15) is 146 Å². The highest BCUT2D eigenvalue weighted by molar-refractivity contribution is 5.89. The highest BCUT2D eigenvalue weighted by Crippen LogP contribution is 2.64. The number of benzene rings is 3. The SMILES string of the molecule is CNC1CCc2c(NCC(C)(O)C(O)COC)cc(C3C#CC4CC(=O)Oc5c4cc(c(O)c5C4CCCCC4)CC4OC(=O)C(=CC(O)Cc5cccc(c5)CC5C(=O)CC6C=CC7C8C=CCCC8C4(O)C6C57)C3)cc2C1O. The molecule has 3 aliphatic heterocycles. The Morgan fingerprint density at radius 3 is 2.46 bits per heavy atom. The van der Waals surface area contributed by atoms with Crippen molar-refractivity contribution < 1.29 is 59.2 Å². The molecule has 80 heavy (non-hydrogen) atoms. The average molecular weight is 1090 g/mol. The number of aliphatic hydroxyl groups excluding tert-OH is 3. The second-order valence-corrected chi connectivity index (χ2v) is 25.2. The fourth-order valence-electron chi connectivity index (χ4n) is 16.3. The van der Waals surface area contributed by atoms with Crippen molar-refractivity contribution in [1.29, 1.82) is 0 Å². The van der Waals surface area contributed by atoms with Crippen LogP contribution in [0.3, 0.4) is 0 Å². The number of esters is 2. The van der Waals surface area contributed by atoms with Gasteiger partial charge in [-0.15, -0.1) is 0 Å². The van der Waals surface area contributed by atoms with Crippen molar-refractivity contribution in [3.63, 3.8) is 0 Å². The number of hydrogen-bond donors (Lipinski definition) is 8. The zero-order chi connectivity index (χ0) is 55.8. The molecule has 0 saturated heterocycles. The van der Waals surface area contributed by atoms with E-state index in [0.717, 1.165) is 48.8 Å². The number of rotatable bonds is 9. The molecule has 424 valence electrons. The Balaban J connectivity index is 1.09. The lowest BCUT2D eigenvalue weighted by atomic mass is 9.42. The molecule has 3 aromatic rings. The number of phenols is 1. The molecular weight excluding hydrogens is 1010 g/mol. The maximum atomic E-state index is 16.0. The third-order valence-electron chi connectivity index (χ3n) is 20.4. The van der Waals surface area contributed by atoms with Gasteiger partial charge in [0, 0.05) is 79.1 Å². The van der Waals surface area contributed by atoms with E-state index in [9.17, 15) is 40.2 Å². The largest absolute Gasteiger partial charge is 0.507 e. The van der Waals surface area contributed by atoms with Crippen molar-refractivity contribution in [2.45, 2.75) is 163 Å². The molecule has 9 aliphatic rings. The van der Waals surface area contributed by atoms with Gasteiger partial charge in [-0.25, -0.2) is 4.79 Å². The predicted molar refractivity (Wildman–Crippen MR) is 300 cm³/mol. The van der Waals surface area contributed by atoms with Crippen molar-refractivity contribution >= 4 is 23.4 Å². The number of carbonyl (C=O) groups is 3. The first kappa shape index (κ1) is 54.9. The number of anilines is 1. The van der Waals surface area contributed by atoms with E-state index in [-0.39, 0.29) is 98.0 Å². The molecule has 6 aliphatic carbocycles. The van der Waals surface area contributed by atoms with Gasteiger partial charge in [-0.3, -0.25) is 9.59 Å². The molecule has 0 radical (unpaired) electrons. The lowest BCUT2D eigenvalue weighted by molar-refractivity contribution is -0.239. The highest BCUT2D eigenvalue weighted by atomic mass is 16.6. The summed E-state index contributed by atoms with van der Waals surface area (Å²) in [6.45, 7) is 1.33. The number of methoxy groups -OCH3 is 1. The average Bonchev–Trinajstić information content (AvgIpc) is 1.79. The lowest BCUT2D eigenvalue weighted by Gasteiger charge is -2.64. The van der Waals surface area contributed by atoms with E-state index in [0.29, 0.717) is 71.4 Å². The highest BCUT2D eigenvalue weighted by Gasteiger charge is 2.67. The fraction of sp³-hybridized carbons (Fsp3) is 0.561. The minimum atomic E-state index is -1.72. The number of carbonyl (C=O) groups excluding carboxylic acids is 3. The summed E-state index contributed by atoms with van der Waals surface area (Å²) in [4.78, 5) is 44.7. The van der Waals surface area contributed by atoms with Crippen molar-refractivity contribution in [2.24, 2.45) is 41.4 Å². The van der Waals surface area contributed by atoms with Crippen LogP contribution in [0.25, 0.3) is 0 Å². The van der Waals surface area contributed by atoms with E-state index in [4.69, 9.17) is 14.2 Å². The van der Waals surface area contributed by atoms with E-state index < -0.39 is 77.1 Å². The number of aromatic hydroxyl groups is 1. The van der Waals surface area contributed by atoms with E-state index in [1.807, 2.05) is 42.5 Å². The van der Waals surface area contributed by atoms with Crippen molar-refractivity contribution in [3.8, 4) is 23.3 Å². The van der Waals surface area contributed by atoms with Crippen LogP contribution >= 0.6 is 0 Å². The van der Waals surface area contributed by atoms with Crippen LogP contribution in [-0.4, -0.2) is 111 Å². The number of fused-ring (bicyclic) bond motifs is 11. The number of ether oxygens (including phenoxy) is 3. The van der Waals surface area contributed by atoms with E-state index in [1.54, 1.807) is 13.1 Å². The van der Waals surface area contributed by atoms with Gasteiger partial charge in [0.1, 0.15) is 40.7 Å². The fourth-order valence-corrected chi connectivity index (χ4v) is 16.3. The lowest BCUT2D eigenvalue weighted by Crippen LogP contribution is -2.70.